The fourth-order valence-corrected chi connectivity index (χ4v) is 2.47. The van der Waals surface area contributed by atoms with Crippen LogP contribution < -0.4 is 5.32 Å². The minimum Gasteiger partial charge on any atom is -0.387 e. The maximum absolute atomic E-state index is 12.9. The minimum absolute atomic E-state index is 0.288. The van der Waals surface area contributed by atoms with Gasteiger partial charge in [0, 0.05) is 12.2 Å². The quantitative estimate of drug-likeness (QED) is 0.838. The minimum atomic E-state index is -0.653. The zero-order chi connectivity index (χ0) is 15.2. The first-order valence-corrected chi connectivity index (χ1v) is 7.43. The van der Waals surface area contributed by atoms with Gasteiger partial charge in [-0.25, -0.2) is 4.39 Å². The van der Waals surface area contributed by atoms with Gasteiger partial charge in [0.1, 0.15) is 5.82 Å². The summed E-state index contributed by atoms with van der Waals surface area (Å²) in [6.07, 6.45) is 1.24. The molecular weight excluding hydrogens is 265 g/mol. The van der Waals surface area contributed by atoms with Gasteiger partial charge in [0.05, 0.1) is 6.10 Å². The molecule has 0 spiro atoms. The van der Waals surface area contributed by atoms with Gasteiger partial charge in [-0.2, -0.15) is 0 Å². The van der Waals surface area contributed by atoms with Gasteiger partial charge in [-0.3, -0.25) is 0 Å². The molecule has 0 saturated carbocycles. The van der Waals surface area contributed by atoms with Crippen molar-refractivity contribution in [2.75, 3.05) is 11.9 Å². The van der Waals surface area contributed by atoms with E-state index in [1.165, 1.54) is 23.3 Å². The van der Waals surface area contributed by atoms with E-state index in [2.05, 4.69) is 37.4 Å². The number of para-hydroxylation sites is 1. The highest BCUT2D eigenvalue weighted by atomic mass is 19.1. The second kappa shape index (κ2) is 7.23. The Balaban J connectivity index is 2.10. The van der Waals surface area contributed by atoms with E-state index < -0.39 is 6.10 Å². The van der Waals surface area contributed by atoms with Gasteiger partial charge < -0.3 is 10.4 Å². The van der Waals surface area contributed by atoms with E-state index in [4.69, 9.17) is 0 Å². The van der Waals surface area contributed by atoms with Gasteiger partial charge >= 0.3 is 0 Å². The molecule has 0 aliphatic rings. The summed E-state index contributed by atoms with van der Waals surface area (Å²) in [7, 11) is 0. The number of aliphatic hydroxyl groups is 1. The van der Waals surface area contributed by atoms with Gasteiger partial charge in [0.15, 0.2) is 0 Å². The van der Waals surface area contributed by atoms with Crippen LogP contribution >= 0.6 is 0 Å². The second-order valence-corrected chi connectivity index (χ2v) is 5.11. The highest BCUT2D eigenvalue weighted by Gasteiger charge is 2.10. The Hall–Kier alpha value is -1.87. The van der Waals surface area contributed by atoms with Gasteiger partial charge in [0.2, 0.25) is 0 Å². The monoisotopic (exact) mass is 287 g/mol. The van der Waals surface area contributed by atoms with E-state index in [1.54, 1.807) is 12.1 Å². The summed E-state index contributed by atoms with van der Waals surface area (Å²) >= 11 is 0. The van der Waals surface area contributed by atoms with E-state index in [1.807, 2.05) is 0 Å². The summed E-state index contributed by atoms with van der Waals surface area (Å²) in [5.74, 6) is -0.288. The summed E-state index contributed by atoms with van der Waals surface area (Å²) < 4.78 is 12.9. The SMILES string of the molecule is CCc1cccc(CC)c1NCC(O)c1ccc(F)cc1. The van der Waals surface area contributed by atoms with Gasteiger partial charge in [-0.05, 0) is 41.7 Å². The summed E-state index contributed by atoms with van der Waals surface area (Å²) in [5, 5.41) is 13.6. The molecule has 0 aromatic heterocycles. The molecular formula is C18H22FNO. The lowest BCUT2D eigenvalue weighted by Crippen LogP contribution is -2.14. The highest BCUT2D eigenvalue weighted by molar-refractivity contribution is 5.58. The summed E-state index contributed by atoms with van der Waals surface area (Å²) in [6.45, 7) is 4.66. The second-order valence-electron chi connectivity index (χ2n) is 5.11. The van der Waals surface area contributed by atoms with Crippen molar-refractivity contribution in [3.05, 3.63) is 65.0 Å². The Kier molecular flexibility index (Phi) is 5.34. The molecule has 2 aromatic rings. The van der Waals surface area contributed by atoms with Crippen LogP contribution in [0.25, 0.3) is 0 Å². The fraction of sp³-hybridized carbons (Fsp3) is 0.333. The van der Waals surface area contributed by atoms with Crippen LogP contribution in [0.4, 0.5) is 10.1 Å². The molecule has 0 aliphatic carbocycles. The summed E-state index contributed by atoms with van der Waals surface area (Å²) in [4.78, 5) is 0. The van der Waals surface area contributed by atoms with Crippen molar-refractivity contribution in [1.82, 2.24) is 0 Å². The average molecular weight is 287 g/mol. The van der Waals surface area contributed by atoms with Crippen molar-refractivity contribution < 1.29 is 9.50 Å². The summed E-state index contributed by atoms with van der Waals surface area (Å²) in [6, 6.07) is 12.3. The van der Waals surface area contributed by atoms with E-state index >= 15 is 0 Å². The number of rotatable bonds is 6. The molecule has 2 aromatic carbocycles. The number of hydrogen-bond acceptors (Lipinski definition) is 2. The van der Waals surface area contributed by atoms with Gasteiger partial charge in [-0.1, -0.05) is 44.2 Å². The van der Waals surface area contributed by atoms with Gasteiger partial charge in [-0.15, -0.1) is 0 Å². The molecule has 0 heterocycles. The Bertz CT molecular complexity index is 558. The molecule has 0 amide bonds. The third kappa shape index (κ3) is 3.82. The average Bonchev–Trinajstić information content (AvgIpc) is 2.52. The molecule has 1 unspecified atom stereocenters. The van der Waals surface area contributed by atoms with Crippen LogP contribution in [0, 0.1) is 5.82 Å². The molecule has 2 nitrogen and oxygen atoms in total. The molecule has 0 saturated heterocycles. The highest BCUT2D eigenvalue weighted by Crippen LogP contribution is 2.24. The first kappa shape index (κ1) is 15.5. The number of aryl methyl sites for hydroxylation is 2. The molecule has 0 radical (unpaired) electrons. The van der Waals surface area contributed by atoms with E-state index in [0.717, 1.165) is 24.1 Å². The van der Waals surface area contributed by atoms with Crippen LogP contribution in [0.15, 0.2) is 42.5 Å². The standard InChI is InChI=1S/C18H22FNO/c1-3-13-6-5-7-14(4-2)18(13)20-12-17(21)15-8-10-16(19)11-9-15/h5-11,17,20-21H,3-4,12H2,1-2H3. The number of halogens is 1. The van der Waals surface area contributed by atoms with Crippen molar-refractivity contribution in [2.24, 2.45) is 0 Å². The largest absolute Gasteiger partial charge is 0.387 e. The predicted molar refractivity (Wildman–Crippen MR) is 85.0 cm³/mol. The Labute approximate surface area is 125 Å². The Morgan fingerprint density at radius 3 is 2.10 bits per heavy atom. The van der Waals surface area contributed by atoms with Crippen LogP contribution in [0.5, 0.6) is 0 Å². The van der Waals surface area contributed by atoms with E-state index in [9.17, 15) is 9.50 Å². The molecule has 0 aliphatic heterocycles. The normalized spacial score (nSPS) is 12.2. The number of hydrogen-bond donors (Lipinski definition) is 2. The first-order valence-electron chi connectivity index (χ1n) is 7.43. The maximum atomic E-state index is 12.9. The fourth-order valence-electron chi connectivity index (χ4n) is 2.47. The zero-order valence-corrected chi connectivity index (χ0v) is 12.6. The van der Waals surface area contributed by atoms with Crippen LogP contribution in [-0.4, -0.2) is 11.7 Å². The van der Waals surface area contributed by atoms with Crippen LogP contribution in [0.2, 0.25) is 0 Å². The number of nitrogens with one attached hydrogen (secondary N) is 1. The maximum Gasteiger partial charge on any atom is 0.123 e. The molecule has 21 heavy (non-hydrogen) atoms. The number of aliphatic hydroxyl groups excluding tert-OH is 1. The van der Waals surface area contributed by atoms with Gasteiger partial charge in [0.25, 0.3) is 0 Å². The summed E-state index contributed by atoms with van der Waals surface area (Å²) in [5.41, 5.74) is 4.33. The van der Waals surface area contributed by atoms with Crippen LogP contribution in [0.3, 0.4) is 0 Å². The third-order valence-electron chi connectivity index (χ3n) is 3.73. The van der Waals surface area contributed by atoms with Crippen LogP contribution in [0.1, 0.15) is 36.6 Å². The topological polar surface area (TPSA) is 32.3 Å². The Morgan fingerprint density at radius 1 is 1.00 bits per heavy atom. The lowest BCUT2D eigenvalue weighted by atomic mass is 10.0. The van der Waals surface area contributed by atoms with E-state index in [-0.39, 0.29) is 5.82 Å². The van der Waals surface area contributed by atoms with Crippen molar-refractivity contribution in [2.45, 2.75) is 32.8 Å². The first-order chi connectivity index (χ1) is 10.2. The molecule has 0 fully saturated rings. The van der Waals surface area contributed by atoms with Crippen molar-refractivity contribution in [3.8, 4) is 0 Å². The molecule has 3 heteroatoms. The third-order valence-corrected chi connectivity index (χ3v) is 3.73. The lowest BCUT2D eigenvalue weighted by Gasteiger charge is -2.18. The molecule has 2 N–H and O–H groups in total. The molecule has 2 rings (SSSR count). The van der Waals surface area contributed by atoms with Crippen molar-refractivity contribution >= 4 is 5.69 Å². The Morgan fingerprint density at radius 2 is 1.57 bits per heavy atom. The van der Waals surface area contributed by atoms with Crippen molar-refractivity contribution in [1.29, 1.82) is 0 Å². The van der Waals surface area contributed by atoms with Crippen LogP contribution in [-0.2, 0) is 12.8 Å². The molecule has 0 bridgehead atoms. The van der Waals surface area contributed by atoms with E-state index in [0.29, 0.717) is 6.54 Å². The van der Waals surface area contributed by atoms with Crippen molar-refractivity contribution in [3.63, 3.8) is 0 Å². The lowest BCUT2D eigenvalue weighted by molar-refractivity contribution is 0.191. The molecule has 112 valence electrons. The predicted octanol–water partition coefficient (Wildman–Crippen LogP) is 4.10. The molecule has 1 atom stereocenters. The number of anilines is 1. The number of benzene rings is 2. The smallest absolute Gasteiger partial charge is 0.123 e. The zero-order valence-electron chi connectivity index (χ0n) is 12.6.